The van der Waals surface area contributed by atoms with Gasteiger partial charge in [-0.2, -0.15) is 0 Å². The van der Waals surface area contributed by atoms with Gasteiger partial charge in [0.25, 0.3) is 0 Å². The molecule has 3 heterocycles. The van der Waals surface area contributed by atoms with Crippen LogP contribution >= 0.6 is 0 Å². The molecule has 1 aromatic carbocycles. The van der Waals surface area contributed by atoms with Crippen LogP contribution in [0, 0.1) is 5.82 Å². The van der Waals surface area contributed by atoms with Crippen molar-refractivity contribution in [1.29, 1.82) is 0 Å². The lowest BCUT2D eigenvalue weighted by atomic mass is 10.3. The Bertz CT molecular complexity index is 793. The first-order valence-electron chi connectivity index (χ1n) is 7.80. The van der Waals surface area contributed by atoms with E-state index >= 15 is 0 Å². The van der Waals surface area contributed by atoms with Gasteiger partial charge in [-0.3, -0.25) is 4.90 Å². The smallest absolute Gasteiger partial charge is 0.128 e. The Morgan fingerprint density at radius 1 is 1.09 bits per heavy atom. The lowest BCUT2D eigenvalue weighted by Crippen LogP contribution is -2.46. The van der Waals surface area contributed by atoms with Crippen LogP contribution in [-0.2, 0) is 6.54 Å². The van der Waals surface area contributed by atoms with Crippen molar-refractivity contribution in [3.8, 4) is 0 Å². The van der Waals surface area contributed by atoms with Crippen LogP contribution in [0.3, 0.4) is 0 Å². The van der Waals surface area contributed by atoms with Crippen LogP contribution in [0.2, 0.25) is 0 Å². The molecule has 1 N–H and O–H groups in total. The van der Waals surface area contributed by atoms with Crippen LogP contribution in [0.15, 0.2) is 42.6 Å². The topological polar surface area (TPSA) is 48.1 Å². The van der Waals surface area contributed by atoms with E-state index in [-0.39, 0.29) is 5.82 Å². The lowest BCUT2D eigenvalue weighted by Gasteiger charge is -2.34. The van der Waals surface area contributed by atoms with Gasteiger partial charge in [-0.25, -0.2) is 14.4 Å². The third-order valence-electron chi connectivity index (χ3n) is 4.21. The zero-order valence-electron chi connectivity index (χ0n) is 12.7. The molecule has 1 aliphatic heterocycles. The Morgan fingerprint density at radius 3 is 2.74 bits per heavy atom. The number of fused-ring (bicyclic) bond motifs is 1. The molecule has 118 valence electrons. The molecule has 2 aromatic heterocycles. The van der Waals surface area contributed by atoms with Gasteiger partial charge in [-0.05, 0) is 24.3 Å². The highest BCUT2D eigenvalue weighted by molar-refractivity contribution is 5.74. The van der Waals surface area contributed by atoms with Crippen LogP contribution in [0.5, 0.6) is 0 Å². The van der Waals surface area contributed by atoms with Gasteiger partial charge in [0, 0.05) is 38.4 Å². The molecule has 0 bridgehead atoms. The highest BCUT2D eigenvalue weighted by Gasteiger charge is 2.18. The highest BCUT2D eigenvalue weighted by atomic mass is 19.1. The predicted molar refractivity (Wildman–Crippen MR) is 87.8 cm³/mol. The summed E-state index contributed by atoms with van der Waals surface area (Å²) >= 11 is 0. The first-order chi connectivity index (χ1) is 11.3. The quantitative estimate of drug-likeness (QED) is 0.807. The Balaban J connectivity index is 1.40. The molecule has 0 unspecified atom stereocenters. The minimum absolute atomic E-state index is 0.250. The van der Waals surface area contributed by atoms with Crippen molar-refractivity contribution in [2.45, 2.75) is 6.54 Å². The molecule has 0 aliphatic carbocycles. The van der Waals surface area contributed by atoms with Crippen LogP contribution in [0.25, 0.3) is 11.0 Å². The zero-order valence-corrected chi connectivity index (χ0v) is 12.7. The van der Waals surface area contributed by atoms with Crippen LogP contribution < -0.4 is 4.90 Å². The van der Waals surface area contributed by atoms with Gasteiger partial charge < -0.3 is 9.88 Å². The summed E-state index contributed by atoms with van der Waals surface area (Å²) in [4.78, 5) is 16.8. The van der Waals surface area contributed by atoms with Crippen LogP contribution in [-0.4, -0.2) is 46.0 Å². The third-order valence-corrected chi connectivity index (χ3v) is 4.21. The van der Waals surface area contributed by atoms with Gasteiger partial charge >= 0.3 is 0 Å². The molecule has 3 aromatic rings. The first kappa shape index (κ1) is 14.1. The van der Waals surface area contributed by atoms with Crippen molar-refractivity contribution in [1.82, 2.24) is 19.9 Å². The van der Waals surface area contributed by atoms with Gasteiger partial charge in [-0.1, -0.05) is 6.07 Å². The Morgan fingerprint density at radius 2 is 1.96 bits per heavy atom. The molecule has 0 atom stereocenters. The molecule has 5 nitrogen and oxygen atoms in total. The van der Waals surface area contributed by atoms with Gasteiger partial charge in [0.1, 0.15) is 17.5 Å². The summed E-state index contributed by atoms with van der Waals surface area (Å²) < 4.78 is 13.2. The molecular weight excluding hydrogens is 293 g/mol. The third kappa shape index (κ3) is 3.03. The van der Waals surface area contributed by atoms with Gasteiger partial charge in [0.2, 0.25) is 0 Å². The molecule has 0 spiro atoms. The van der Waals surface area contributed by atoms with E-state index in [0.29, 0.717) is 5.52 Å². The predicted octanol–water partition coefficient (Wildman–Crippen LogP) is 2.42. The first-order valence-corrected chi connectivity index (χ1v) is 7.80. The summed E-state index contributed by atoms with van der Waals surface area (Å²) in [7, 11) is 0. The largest absolute Gasteiger partial charge is 0.354 e. The molecule has 0 saturated carbocycles. The van der Waals surface area contributed by atoms with E-state index in [1.54, 1.807) is 6.07 Å². The number of piperazine rings is 1. The van der Waals surface area contributed by atoms with Crippen molar-refractivity contribution < 1.29 is 4.39 Å². The number of aromatic nitrogens is 3. The number of nitrogens with one attached hydrogen (secondary N) is 1. The molecule has 1 saturated heterocycles. The van der Waals surface area contributed by atoms with Gasteiger partial charge in [-0.15, -0.1) is 0 Å². The maximum Gasteiger partial charge on any atom is 0.128 e. The number of nitrogens with zero attached hydrogens (tertiary/aromatic N) is 4. The number of pyridine rings is 1. The SMILES string of the molecule is Fc1ccc2[nH]c(CN3CCN(c4ccccn4)CC3)nc2c1. The summed E-state index contributed by atoms with van der Waals surface area (Å²) in [6.07, 6.45) is 1.83. The number of H-pyrrole nitrogens is 1. The molecule has 23 heavy (non-hydrogen) atoms. The highest BCUT2D eigenvalue weighted by Crippen LogP contribution is 2.16. The van der Waals surface area contributed by atoms with E-state index in [1.807, 2.05) is 24.4 Å². The van der Waals surface area contributed by atoms with Gasteiger partial charge in [0.15, 0.2) is 0 Å². The van der Waals surface area contributed by atoms with E-state index in [0.717, 1.165) is 49.9 Å². The minimum Gasteiger partial charge on any atom is -0.354 e. The number of hydrogen-bond acceptors (Lipinski definition) is 4. The molecule has 6 heteroatoms. The fraction of sp³-hybridized carbons (Fsp3) is 0.294. The second kappa shape index (κ2) is 5.96. The molecule has 1 aliphatic rings. The monoisotopic (exact) mass is 311 g/mol. The summed E-state index contributed by atoms with van der Waals surface area (Å²) in [5.41, 5.74) is 1.57. The van der Waals surface area contributed by atoms with Crippen molar-refractivity contribution in [2.75, 3.05) is 31.1 Å². The van der Waals surface area contributed by atoms with Crippen molar-refractivity contribution in [3.63, 3.8) is 0 Å². The zero-order chi connectivity index (χ0) is 15.6. The standard InChI is InChI=1S/C17H18FN5/c18-13-4-5-14-15(11-13)21-16(20-14)12-22-7-9-23(10-8-22)17-3-1-2-6-19-17/h1-6,11H,7-10,12H2,(H,20,21). The maximum absolute atomic E-state index is 13.2. The van der Waals surface area contributed by atoms with Crippen molar-refractivity contribution in [3.05, 3.63) is 54.2 Å². The second-order valence-electron chi connectivity index (χ2n) is 5.80. The van der Waals surface area contributed by atoms with E-state index in [9.17, 15) is 4.39 Å². The van der Waals surface area contributed by atoms with E-state index < -0.39 is 0 Å². The Hall–Kier alpha value is -2.47. The number of halogens is 1. The number of hydrogen-bond donors (Lipinski definition) is 1. The Kier molecular flexibility index (Phi) is 3.67. The maximum atomic E-state index is 13.2. The summed E-state index contributed by atoms with van der Waals surface area (Å²) in [6, 6.07) is 10.7. The van der Waals surface area contributed by atoms with Crippen molar-refractivity contribution >= 4 is 16.9 Å². The van der Waals surface area contributed by atoms with Crippen LogP contribution in [0.4, 0.5) is 10.2 Å². The molecule has 0 radical (unpaired) electrons. The summed E-state index contributed by atoms with van der Waals surface area (Å²) in [6.45, 7) is 4.58. The molecule has 0 amide bonds. The second-order valence-corrected chi connectivity index (χ2v) is 5.80. The Labute approximate surface area is 133 Å². The van der Waals surface area contributed by atoms with E-state index in [2.05, 4.69) is 24.8 Å². The number of aromatic amines is 1. The molecular formula is C17H18FN5. The number of imidazole rings is 1. The molecule has 1 fully saturated rings. The number of rotatable bonds is 3. The average molecular weight is 311 g/mol. The summed E-state index contributed by atoms with van der Waals surface area (Å²) in [5.74, 6) is 1.67. The lowest BCUT2D eigenvalue weighted by molar-refractivity contribution is 0.244. The van der Waals surface area contributed by atoms with Crippen LogP contribution in [0.1, 0.15) is 5.82 Å². The van der Waals surface area contributed by atoms with E-state index in [4.69, 9.17) is 0 Å². The van der Waals surface area contributed by atoms with E-state index in [1.165, 1.54) is 12.1 Å². The number of anilines is 1. The minimum atomic E-state index is -0.250. The van der Waals surface area contributed by atoms with Crippen molar-refractivity contribution in [2.24, 2.45) is 0 Å². The summed E-state index contributed by atoms with van der Waals surface area (Å²) in [5, 5.41) is 0. The fourth-order valence-corrected chi connectivity index (χ4v) is 2.99. The van der Waals surface area contributed by atoms with Gasteiger partial charge in [0.05, 0.1) is 17.6 Å². The normalized spacial score (nSPS) is 16.1. The number of benzene rings is 1. The molecule has 4 rings (SSSR count). The average Bonchev–Trinajstić information content (AvgIpc) is 2.97. The fourth-order valence-electron chi connectivity index (χ4n) is 2.99.